The summed E-state index contributed by atoms with van der Waals surface area (Å²) in [6.07, 6.45) is -6.79. The Hall–Kier alpha value is -2.49. The van der Waals surface area contributed by atoms with Crippen LogP contribution in [-0.4, -0.2) is 63.6 Å². The maximum Gasteiger partial charge on any atom is 0.251 e. The molecule has 2 aromatic carbocycles. The van der Waals surface area contributed by atoms with Gasteiger partial charge in [0.2, 0.25) is 6.29 Å². The second kappa shape index (κ2) is 9.34. The molecule has 0 aromatic heterocycles. The number of rotatable bonds is 6. The lowest BCUT2D eigenvalue weighted by Gasteiger charge is -2.39. The van der Waals surface area contributed by atoms with Crippen molar-refractivity contribution >= 4 is 5.91 Å². The lowest BCUT2D eigenvalue weighted by Crippen LogP contribution is -2.60. The molecule has 0 bridgehead atoms. The van der Waals surface area contributed by atoms with E-state index in [-0.39, 0.29) is 11.9 Å². The molecule has 0 radical (unpaired) electrons. The fourth-order valence-electron chi connectivity index (χ4n) is 3.09. The van der Waals surface area contributed by atoms with Gasteiger partial charge in [0.1, 0.15) is 30.2 Å². The molecule has 29 heavy (non-hydrogen) atoms. The molecule has 1 heterocycles. The van der Waals surface area contributed by atoms with E-state index in [2.05, 4.69) is 5.32 Å². The number of aliphatic hydroxyl groups is 4. The summed E-state index contributed by atoms with van der Waals surface area (Å²) in [6, 6.07) is 15.6. The summed E-state index contributed by atoms with van der Waals surface area (Å²) < 4.78 is 10.8. The summed E-state index contributed by atoms with van der Waals surface area (Å²) in [4.78, 5) is 12.4. The van der Waals surface area contributed by atoms with Gasteiger partial charge in [-0.15, -0.1) is 0 Å². The quantitative estimate of drug-likeness (QED) is 0.471. The average molecular weight is 403 g/mol. The lowest BCUT2D eigenvalue weighted by molar-refractivity contribution is -0.277. The molecular formula is C21H25NO7. The first kappa shape index (κ1) is 21.2. The third-order valence-electron chi connectivity index (χ3n) is 4.86. The molecule has 5 unspecified atom stereocenters. The van der Waals surface area contributed by atoms with Gasteiger partial charge in [0.25, 0.3) is 5.91 Å². The first-order valence-corrected chi connectivity index (χ1v) is 9.33. The molecule has 1 amide bonds. The minimum atomic E-state index is -1.52. The fraction of sp³-hybridized carbons (Fsp3) is 0.381. The van der Waals surface area contributed by atoms with E-state index < -0.39 is 37.3 Å². The Kier molecular flexibility index (Phi) is 6.83. The fourth-order valence-corrected chi connectivity index (χ4v) is 3.09. The summed E-state index contributed by atoms with van der Waals surface area (Å²) in [6.45, 7) is 1.35. The number of benzene rings is 2. The first-order chi connectivity index (χ1) is 13.9. The van der Waals surface area contributed by atoms with E-state index in [4.69, 9.17) is 9.47 Å². The van der Waals surface area contributed by atoms with Gasteiger partial charge in [0.05, 0.1) is 12.6 Å². The number of aliphatic hydroxyl groups excluding tert-OH is 4. The molecule has 0 saturated carbocycles. The molecule has 1 saturated heterocycles. The molecule has 5 N–H and O–H groups in total. The van der Waals surface area contributed by atoms with Crippen LogP contribution in [0.4, 0.5) is 0 Å². The van der Waals surface area contributed by atoms with Crippen molar-refractivity contribution in [1.82, 2.24) is 5.32 Å². The Morgan fingerprint density at radius 3 is 2.31 bits per heavy atom. The van der Waals surface area contributed by atoms with Crippen LogP contribution < -0.4 is 10.1 Å². The molecule has 1 fully saturated rings. The van der Waals surface area contributed by atoms with Gasteiger partial charge in [0.15, 0.2) is 0 Å². The Bertz CT molecular complexity index is 796. The van der Waals surface area contributed by atoms with Crippen molar-refractivity contribution in [3.63, 3.8) is 0 Å². The summed E-state index contributed by atoms with van der Waals surface area (Å²) in [5.41, 5.74) is 1.41. The molecule has 1 aliphatic heterocycles. The van der Waals surface area contributed by atoms with E-state index in [9.17, 15) is 25.2 Å². The van der Waals surface area contributed by atoms with Crippen LogP contribution in [0.3, 0.4) is 0 Å². The highest BCUT2D eigenvalue weighted by Crippen LogP contribution is 2.24. The highest BCUT2D eigenvalue weighted by atomic mass is 16.7. The van der Waals surface area contributed by atoms with Gasteiger partial charge < -0.3 is 35.2 Å². The number of hydrogen-bond donors (Lipinski definition) is 5. The summed E-state index contributed by atoms with van der Waals surface area (Å²) >= 11 is 0. The molecule has 8 heteroatoms. The Labute approximate surface area is 168 Å². The summed E-state index contributed by atoms with van der Waals surface area (Å²) in [7, 11) is 0. The van der Waals surface area contributed by atoms with Crippen molar-refractivity contribution in [2.75, 3.05) is 6.61 Å². The van der Waals surface area contributed by atoms with Gasteiger partial charge >= 0.3 is 0 Å². The first-order valence-electron chi connectivity index (χ1n) is 9.33. The van der Waals surface area contributed by atoms with E-state index in [1.54, 1.807) is 12.1 Å². The second-order valence-corrected chi connectivity index (χ2v) is 6.95. The highest BCUT2D eigenvalue weighted by Gasteiger charge is 2.44. The molecule has 2 aromatic rings. The highest BCUT2D eigenvalue weighted by molar-refractivity contribution is 5.94. The smallest absolute Gasteiger partial charge is 0.251 e. The van der Waals surface area contributed by atoms with Crippen LogP contribution in [0.5, 0.6) is 5.75 Å². The topological polar surface area (TPSA) is 128 Å². The normalized spacial score (nSPS) is 27.8. The third-order valence-corrected chi connectivity index (χ3v) is 4.86. The zero-order valence-electron chi connectivity index (χ0n) is 15.9. The largest absolute Gasteiger partial charge is 0.462 e. The number of carbonyl (C=O) groups excluding carboxylic acids is 1. The zero-order chi connectivity index (χ0) is 21.0. The second-order valence-electron chi connectivity index (χ2n) is 6.95. The van der Waals surface area contributed by atoms with Crippen LogP contribution in [0, 0.1) is 0 Å². The molecule has 8 nitrogen and oxygen atoms in total. The molecule has 6 atom stereocenters. The number of nitrogens with one attached hydrogen (secondary N) is 1. The minimum absolute atomic E-state index is 0.159. The van der Waals surface area contributed by atoms with E-state index in [0.29, 0.717) is 11.3 Å². The van der Waals surface area contributed by atoms with Gasteiger partial charge in [-0.2, -0.15) is 0 Å². The van der Waals surface area contributed by atoms with Crippen molar-refractivity contribution < 1.29 is 34.7 Å². The lowest BCUT2D eigenvalue weighted by atomic mass is 9.99. The predicted molar refractivity (Wildman–Crippen MR) is 103 cm³/mol. The van der Waals surface area contributed by atoms with E-state index in [0.717, 1.165) is 5.56 Å². The summed E-state index contributed by atoms with van der Waals surface area (Å²) in [5, 5.41) is 41.8. The van der Waals surface area contributed by atoms with Gasteiger partial charge in [0, 0.05) is 5.56 Å². The summed E-state index contributed by atoms with van der Waals surface area (Å²) in [5.74, 6) is 0.0442. The SMILES string of the molecule is C[C@H](NC(=O)c1ccc(OC2OC(CO)C(O)C(O)C2O)cc1)c1ccccc1. The Balaban J connectivity index is 1.62. The van der Waals surface area contributed by atoms with Crippen LogP contribution in [0.1, 0.15) is 28.9 Å². The van der Waals surface area contributed by atoms with Crippen molar-refractivity contribution in [3.05, 3.63) is 65.7 Å². The predicted octanol–water partition coefficient (Wildman–Crippen LogP) is 0.356. The Morgan fingerprint density at radius 1 is 1.03 bits per heavy atom. The molecule has 0 spiro atoms. The minimum Gasteiger partial charge on any atom is -0.462 e. The van der Waals surface area contributed by atoms with Crippen molar-refractivity contribution in [3.8, 4) is 5.75 Å². The van der Waals surface area contributed by atoms with E-state index in [1.807, 2.05) is 37.3 Å². The zero-order valence-corrected chi connectivity index (χ0v) is 15.9. The molecular weight excluding hydrogens is 378 g/mol. The van der Waals surface area contributed by atoms with Gasteiger partial charge in [-0.05, 0) is 36.8 Å². The Morgan fingerprint density at radius 2 is 1.69 bits per heavy atom. The van der Waals surface area contributed by atoms with Crippen LogP contribution in [0.2, 0.25) is 0 Å². The molecule has 0 aliphatic carbocycles. The van der Waals surface area contributed by atoms with Crippen LogP contribution >= 0.6 is 0 Å². The molecule has 156 valence electrons. The van der Waals surface area contributed by atoms with Crippen LogP contribution in [0.25, 0.3) is 0 Å². The van der Waals surface area contributed by atoms with Crippen molar-refractivity contribution in [2.45, 2.75) is 43.7 Å². The maximum absolute atomic E-state index is 12.4. The average Bonchev–Trinajstić information content (AvgIpc) is 2.75. The number of hydrogen-bond acceptors (Lipinski definition) is 7. The van der Waals surface area contributed by atoms with Crippen LogP contribution in [-0.2, 0) is 4.74 Å². The number of ether oxygens (including phenoxy) is 2. The molecule has 3 rings (SSSR count). The van der Waals surface area contributed by atoms with E-state index in [1.165, 1.54) is 12.1 Å². The molecule has 1 aliphatic rings. The van der Waals surface area contributed by atoms with Gasteiger partial charge in [-0.3, -0.25) is 4.79 Å². The van der Waals surface area contributed by atoms with Crippen molar-refractivity contribution in [1.29, 1.82) is 0 Å². The third kappa shape index (κ3) is 4.92. The van der Waals surface area contributed by atoms with Gasteiger partial charge in [-0.1, -0.05) is 30.3 Å². The standard InChI is InChI=1S/C21H25NO7/c1-12(13-5-3-2-4-6-13)22-20(27)14-7-9-15(10-8-14)28-21-19(26)18(25)17(24)16(11-23)29-21/h2-10,12,16-19,21,23-26H,11H2,1H3,(H,22,27)/t12-,16?,17?,18?,19?,21?/m0/s1. The van der Waals surface area contributed by atoms with E-state index >= 15 is 0 Å². The van der Waals surface area contributed by atoms with Crippen LogP contribution in [0.15, 0.2) is 54.6 Å². The monoisotopic (exact) mass is 403 g/mol. The van der Waals surface area contributed by atoms with Gasteiger partial charge in [-0.25, -0.2) is 0 Å². The van der Waals surface area contributed by atoms with Crippen molar-refractivity contribution in [2.24, 2.45) is 0 Å². The number of carbonyl (C=O) groups is 1. The number of amides is 1. The maximum atomic E-state index is 12.4.